The van der Waals surface area contributed by atoms with E-state index in [0.29, 0.717) is 12.1 Å². The van der Waals surface area contributed by atoms with Crippen molar-refractivity contribution < 1.29 is 14.5 Å². The topological polar surface area (TPSA) is 62.6 Å². The molecule has 0 bridgehead atoms. The van der Waals surface area contributed by atoms with Gasteiger partial charge in [-0.2, -0.15) is 0 Å². The highest BCUT2D eigenvalue weighted by Crippen LogP contribution is 2.08. The molecule has 0 radical (unpaired) electrons. The highest BCUT2D eigenvalue weighted by atomic mass is 16.2. The Bertz CT molecular complexity index is 798. The largest absolute Gasteiger partial charge is 0.350 e. The number of aryl methyl sites for hydroxylation is 1. The van der Waals surface area contributed by atoms with Gasteiger partial charge in [-0.15, -0.1) is 0 Å². The monoisotopic (exact) mass is 366 g/mol. The molecule has 0 saturated carbocycles. The predicted molar refractivity (Wildman–Crippen MR) is 105 cm³/mol. The normalized spacial score (nSPS) is 14.1. The Kier molecular flexibility index (Phi) is 6.60. The van der Waals surface area contributed by atoms with Gasteiger partial charge in [0.25, 0.3) is 5.91 Å². The van der Waals surface area contributed by atoms with E-state index in [9.17, 15) is 9.59 Å². The van der Waals surface area contributed by atoms with Crippen LogP contribution in [0.1, 0.15) is 39.9 Å². The molecule has 3 rings (SSSR count). The van der Waals surface area contributed by atoms with Crippen LogP contribution in [0.4, 0.5) is 0 Å². The van der Waals surface area contributed by atoms with Crippen LogP contribution in [0.25, 0.3) is 0 Å². The fraction of sp³-hybridized carbons (Fsp3) is 0.364. The Morgan fingerprint density at radius 3 is 2.44 bits per heavy atom. The van der Waals surface area contributed by atoms with Gasteiger partial charge in [-0.3, -0.25) is 9.59 Å². The van der Waals surface area contributed by atoms with Gasteiger partial charge in [0, 0.05) is 30.5 Å². The summed E-state index contributed by atoms with van der Waals surface area (Å²) in [6.45, 7) is 5.87. The molecule has 0 atom stereocenters. The lowest BCUT2D eigenvalue weighted by Gasteiger charge is -2.15. The minimum Gasteiger partial charge on any atom is -0.350 e. The van der Waals surface area contributed by atoms with Crippen molar-refractivity contribution in [1.29, 1.82) is 0 Å². The van der Waals surface area contributed by atoms with Crippen molar-refractivity contribution in [2.75, 3.05) is 19.6 Å². The number of likely N-dealkylation sites (tertiary alicyclic amines) is 1. The van der Waals surface area contributed by atoms with Crippen LogP contribution in [0.3, 0.4) is 0 Å². The first-order valence-electron chi connectivity index (χ1n) is 9.64. The van der Waals surface area contributed by atoms with Gasteiger partial charge in [0.05, 0.1) is 19.6 Å². The molecule has 0 aromatic heterocycles. The van der Waals surface area contributed by atoms with Gasteiger partial charge >= 0.3 is 0 Å². The zero-order valence-electron chi connectivity index (χ0n) is 15.9. The number of hydrogen-bond acceptors (Lipinski definition) is 2. The number of hydrogen-bond donors (Lipinski definition) is 3. The summed E-state index contributed by atoms with van der Waals surface area (Å²) >= 11 is 0. The van der Waals surface area contributed by atoms with Crippen LogP contribution in [0.2, 0.25) is 0 Å². The molecule has 1 saturated heterocycles. The highest BCUT2D eigenvalue weighted by Gasteiger charge is 2.17. The number of rotatable bonds is 7. The SMILES string of the molecule is Cc1cccc(C(=O)NCC(=O)NCc2ccccc2C[NH+]2CCCC2)c1. The Balaban J connectivity index is 1.48. The molecular weight excluding hydrogens is 338 g/mol. The molecule has 2 aromatic carbocycles. The first kappa shape index (κ1) is 19.1. The van der Waals surface area contributed by atoms with Crippen LogP contribution in [0.15, 0.2) is 48.5 Å². The van der Waals surface area contributed by atoms with Crippen LogP contribution in [-0.4, -0.2) is 31.4 Å². The van der Waals surface area contributed by atoms with E-state index in [1.165, 1.54) is 31.5 Å². The van der Waals surface area contributed by atoms with Gasteiger partial charge in [-0.1, -0.05) is 42.0 Å². The van der Waals surface area contributed by atoms with E-state index in [2.05, 4.69) is 28.8 Å². The number of benzene rings is 2. The Labute approximate surface area is 160 Å². The molecule has 0 aliphatic carbocycles. The van der Waals surface area contributed by atoms with Crippen molar-refractivity contribution in [2.24, 2.45) is 0 Å². The maximum absolute atomic E-state index is 12.1. The highest BCUT2D eigenvalue weighted by molar-refractivity contribution is 5.96. The van der Waals surface area contributed by atoms with Gasteiger partial charge in [0.1, 0.15) is 6.54 Å². The summed E-state index contributed by atoms with van der Waals surface area (Å²) in [7, 11) is 0. The molecular formula is C22H28N3O2+. The molecule has 27 heavy (non-hydrogen) atoms. The quantitative estimate of drug-likeness (QED) is 0.690. The number of carbonyl (C=O) groups excluding carboxylic acids is 2. The van der Waals surface area contributed by atoms with Crippen LogP contribution in [0.5, 0.6) is 0 Å². The van der Waals surface area contributed by atoms with E-state index in [1.807, 2.05) is 31.2 Å². The second-order valence-corrected chi connectivity index (χ2v) is 7.23. The Morgan fingerprint density at radius 2 is 1.70 bits per heavy atom. The number of carbonyl (C=O) groups is 2. The van der Waals surface area contributed by atoms with Crippen molar-refractivity contribution in [3.05, 3.63) is 70.8 Å². The Morgan fingerprint density at radius 1 is 0.963 bits per heavy atom. The number of quaternary nitrogens is 1. The van der Waals surface area contributed by atoms with Crippen LogP contribution >= 0.6 is 0 Å². The first-order valence-corrected chi connectivity index (χ1v) is 9.64. The van der Waals surface area contributed by atoms with Crippen molar-refractivity contribution in [1.82, 2.24) is 10.6 Å². The van der Waals surface area contributed by atoms with Gasteiger partial charge in [0.15, 0.2) is 0 Å². The van der Waals surface area contributed by atoms with Crippen molar-refractivity contribution in [3.8, 4) is 0 Å². The summed E-state index contributed by atoms with van der Waals surface area (Å²) in [4.78, 5) is 25.9. The van der Waals surface area contributed by atoms with Gasteiger partial charge in [-0.05, 0) is 24.6 Å². The molecule has 5 nitrogen and oxygen atoms in total. The summed E-state index contributed by atoms with van der Waals surface area (Å²) < 4.78 is 0. The third-order valence-corrected chi connectivity index (χ3v) is 5.04. The van der Waals surface area contributed by atoms with Gasteiger partial charge in [0.2, 0.25) is 5.91 Å². The van der Waals surface area contributed by atoms with Crippen molar-refractivity contribution in [3.63, 3.8) is 0 Å². The Hall–Kier alpha value is -2.66. The lowest BCUT2D eigenvalue weighted by Crippen LogP contribution is -3.08. The molecule has 1 fully saturated rings. The fourth-order valence-corrected chi connectivity index (χ4v) is 3.53. The lowest BCUT2D eigenvalue weighted by molar-refractivity contribution is -0.901. The average Bonchev–Trinajstić information content (AvgIpc) is 3.18. The second-order valence-electron chi connectivity index (χ2n) is 7.23. The summed E-state index contributed by atoms with van der Waals surface area (Å²) in [5.74, 6) is -0.411. The van der Waals surface area contributed by atoms with Crippen molar-refractivity contribution >= 4 is 11.8 Å². The molecule has 3 N–H and O–H groups in total. The number of amides is 2. The first-order chi connectivity index (χ1) is 13.1. The molecule has 1 aliphatic rings. The molecule has 1 heterocycles. The lowest BCUT2D eigenvalue weighted by atomic mass is 10.1. The van der Waals surface area contributed by atoms with Gasteiger partial charge < -0.3 is 15.5 Å². The molecule has 0 spiro atoms. The zero-order valence-corrected chi connectivity index (χ0v) is 15.9. The predicted octanol–water partition coefficient (Wildman–Crippen LogP) is 1.22. The summed E-state index contributed by atoms with van der Waals surface area (Å²) in [6, 6.07) is 15.6. The standard InChI is InChI=1S/C22H27N3O2/c1-17-7-6-10-18(13-17)22(27)24-15-21(26)23-14-19-8-2-3-9-20(19)16-25-11-4-5-12-25/h2-3,6-10,13H,4-5,11-12,14-16H2,1H3,(H,23,26)(H,24,27)/p+1. The molecule has 2 aromatic rings. The number of nitrogens with one attached hydrogen (secondary N) is 3. The third-order valence-electron chi connectivity index (χ3n) is 5.04. The smallest absolute Gasteiger partial charge is 0.251 e. The van der Waals surface area contributed by atoms with Gasteiger partial charge in [-0.25, -0.2) is 0 Å². The van der Waals surface area contributed by atoms with E-state index >= 15 is 0 Å². The third kappa shape index (κ3) is 5.66. The zero-order chi connectivity index (χ0) is 19.1. The summed E-state index contributed by atoms with van der Waals surface area (Å²) in [6.07, 6.45) is 2.60. The van der Waals surface area contributed by atoms with Crippen molar-refractivity contribution in [2.45, 2.75) is 32.9 Å². The minimum atomic E-state index is -0.230. The maximum atomic E-state index is 12.1. The summed E-state index contributed by atoms with van der Waals surface area (Å²) in [5.41, 5.74) is 4.03. The fourth-order valence-electron chi connectivity index (χ4n) is 3.53. The van der Waals surface area contributed by atoms with E-state index in [1.54, 1.807) is 11.0 Å². The van der Waals surface area contributed by atoms with Crippen LogP contribution in [-0.2, 0) is 17.9 Å². The maximum Gasteiger partial charge on any atom is 0.251 e. The van der Waals surface area contributed by atoms with E-state index in [-0.39, 0.29) is 18.4 Å². The average molecular weight is 366 g/mol. The van der Waals surface area contributed by atoms with E-state index < -0.39 is 0 Å². The molecule has 142 valence electrons. The minimum absolute atomic E-state index is 0.0215. The molecule has 0 unspecified atom stereocenters. The molecule has 2 amide bonds. The van der Waals surface area contributed by atoms with Crippen LogP contribution < -0.4 is 15.5 Å². The summed E-state index contributed by atoms with van der Waals surface area (Å²) in [5, 5.41) is 5.60. The van der Waals surface area contributed by atoms with Crippen LogP contribution in [0, 0.1) is 6.92 Å². The van der Waals surface area contributed by atoms with E-state index in [0.717, 1.165) is 17.7 Å². The molecule has 5 heteroatoms. The van der Waals surface area contributed by atoms with E-state index in [4.69, 9.17) is 0 Å². The second kappa shape index (κ2) is 9.33. The molecule has 1 aliphatic heterocycles.